The Balaban J connectivity index is 1.55. The Morgan fingerprint density at radius 2 is 1.88 bits per heavy atom. The fourth-order valence-corrected chi connectivity index (χ4v) is 2.89. The van der Waals surface area contributed by atoms with Gasteiger partial charge in [0.1, 0.15) is 11.6 Å². The first-order valence-corrected chi connectivity index (χ1v) is 9.01. The average Bonchev–Trinajstić information content (AvgIpc) is 3.18. The number of thiophene rings is 1. The monoisotopic (exact) mass is 370 g/mol. The van der Waals surface area contributed by atoms with E-state index in [4.69, 9.17) is 4.74 Å². The molecule has 1 aromatic carbocycles. The van der Waals surface area contributed by atoms with Crippen LogP contribution in [0.4, 0.5) is 4.39 Å². The molecule has 2 aromatic heterocycles. The SMILES string of the molecule is CN=C(NCc1ccsc1)NCc1ccnc(Oc2ccc(F)cc2)c1. The molecule has 7 heteroatoms. The molecule has 0 aliphatic heterocycles. The minimum atomic E-state index is -0.301. The predicted molar refractivity (Wildman–Crippen MR) is 102 cm³/mol. The number of benzene rings is 1. The second-order valence-electron chi connectivity index (χ2n) is 5.47. The fraction of sp³-hybridized carbons (Fsp3) is 0.158. The van der Waals surface area contributed by atoms with Crippen molar-refractivity contribution < 1.29 is 9.13 Å². The minimum Gasteiger partial charge on any atom is -0.439 e. The van der Waals surface area contributed by atoms with E-state index >= 15 is 0 Å². The summed E-state index contributed by atoms with van der Waals surface area (Å²) in [6, 6.07) is 11.6. The van der Waals surface area contributed by atoms with Gasteiger partial charge < -0.3 is 15.4 Å². The first-order valence-electron chi connectivity index (χ1n) is 8.07. The third-order valence-corrected chi connectivity index (χ3v) is 4.29. The zero-order valence-electron chi connectivity index (χ0n) is 14.3. The normalized spacial score (nSPS) is 11.2. The molecule has 0 amide bonds. The molecule has 134 valence electrons. The molecule has 0 aliphatic carbocycles. The molecule has 0 saturated heterocycles. The van der Waals surface area contributed by atoms with Crippen molar-refractivity contribution in [2.45, 2.75) is 13.1 Å². The van der Waals surface area contributed by atoms with Crippen LogP contribution in [-0.2, 0) is 13.1 Å². The molecule has 0 aliphatic rings. The smallest absolute Gasteiger partial charge is 0.219 e. The standard InChI is InChI=1S/C19H19FN4OS/c1-21-19(24-12-15-7-9-26-13-15)23-11-14-6-8-22-18(10-14)25-17-4-2-16(20)3-5-17/h2-10,13H,11-12H2,1H3,(H2,21,23,24). The highest BCUT2D eigenvalue weighted by Crippen LogP contribution is 2.20. The maximum atomic E-state index is 13.0. The van der Waals surface area contributed by atoms with E-state index in [2.05, 4.69) is 32.1 Å². The second kappa shape index (κ2) is 8.96. The predicted octanol–water partition coefficient (Wildman–Crippen LogP) is 3.94. The number of halogens is 1. The molecule has 0 atom stereocenters. The van der Waals surface area contributed by atoms with Crippen molar-refractivity contribution in [3.05, 3.63) is 76.4 Å². The summed E-state index contributed by atoms with van der Waals surface area (Å²) < 4.78 is 18.6. The lowest BCUT2D eigenvalue weighted by Gasteiger charge is -2.12. The van der Waals surface area contributed by atoms with Crippen LogP contribution in [0.1, 0.15) is 11.1 Å². The van der Waals surface area contributed by atoms with E-state index in [1.54, 1.807) is 36.7 Å². The van der Waals surface area contributed by atoms with Gasteiger partial charge in [-0.15, -0.1) is 0 Å². The molecule has 0 unspecified atom stereocenters. The summed E-state index contributed by atoms with van der Waals surface area (Å²) in [6.07, 6.45) is 1.68. The van der Waals surface area contributed by atoms with Crippen LogP contribution >= 0.6 is 11.3 Å². The average molecular weight is 370 g/mol. The number of pyridine rings is 1. The molecule has 3 aromatic rings. The van der Waals surface area contributed by atoms with Gasteiger partial charge in [0.05, 0.1) is 0 Å². The summed E-state index contributed by atoms with van der Waals surface area (Å²) in [7, 11) is 1.73. The number of hydrogen-bond donors (Lipinski definition) is 2. The summed E-state index contributed by atoms with van der Waals surface area (Å²) in [5.74, 6) is 1.41. The van der Waals surface area contributed by atoms with Gasteiger partial charge in [-0.2, -0.15) is 11.3 Å². The number of rotatable bonds is 6. The number of aromatic nitrogens is 1. The fourth-order valence-electron chi connectivity index (χ4n) is 2.23. The van der Waals surface area contributed by atoms with Crippen LogP contribution in [-0.4, -0.2) is 18.0 Å². The Morgan fingerprint density at radius 1 is 1.12 bits per heavy atom. The first kappa shape index (κ1) is 17.9. The number of nitrogens with one attached hydrogen (secondary N) is 2. The molecule has 2 N–H and O–H groups in total. The van der Waals surface area contributed by atoms with Gasteiger partial charge in [0, 0.05) is 32.4 Å². The van der Waals surface area contributed by atoms with Crippen molar-refractivity contribution in [1.29, 1.82) is 0 Å². The van der Waals surface area contributed by atoms with E-state index in [9.17, 15) is 4.39 Å². The third kappa shape index (κ3) is 5.29. The lowest BCUT2D eigenvalue weighted by Crippen LogP contribution is -2.36. The highest BCUT2D eigenvalue weighted by molar-refractivity contribution is 7.07. The number of guanidine groups is 1. The van der Waals surface area contributed by atoms with E-state index in [1.807, 2.05) is 17.5 Å². The molecular formula is C19H19FN4OS. The largest absolute Gasteiger partial charge is 0.439 e. The van der Waals surface area contributed by atoms with Gasteiger partial charge in [-0.05, 0) is 58.3 Å². The minimum absolute atomic E-state index is 0.301. The Bertz CT molecular complexity index is 850. The van der Waals surface area contributed by atoms with Crippen LogP contribution < -0.4 is 15.4 Å². The van der Waals surface area contributed by atoms with E-state index < -0.39 is 0 Å². The van der Waals surface area contributed by atoms with Gasteiger partial charge in [0.25, 0.3) is 0 Å². The van der Waals surface area contributed by atoms with Crippen molar-refractivity contribution in [1.82, 2.24) is 15.6 Å². The molecule has 0 fully saturated rings. The van der Waals surface area contributed by atoms with Gasteiger partial charge in [-0.3, -0.25) is 4.99 Å². The summed E-state index contributed by atoms with van der Waals surface area (Å²) in [6.45, 7) is 1.30. The Labute approximate surface area is 155 Å². The van der Waals surface area contributed by atoms with E-state index in [-0.39, 0.29) is 5.82 Å². The molecule has 3 rings (SSSR count). The van der Waals surface area contributed by atoms with Crippen LogP contribution in [0.3, 0.4) is 0 Å². The van der Waals surface area contributed by atoms with Gasteiger partial charge in [0.15, 0.2) is 5.96 Å². The van der Waals surface area contributed by atoms with Crippen molar-refractivity contribution in [2.24, 2.45) is 4.99 Å². The highest BCUT2D eigenvalue weighted by atomic mass is 32.1. The second-order valence-corrected chi connectivity index (χ2v) is 6.25. The van der Waals surface area contributed by atoms with Crippen molar-refractivity contribution in [3.8, 4) is 11.6 Å². The van der Waals surface area contributed by atoms with Crippen molar-refractivity contribution >= 4 is 17.3 Å². The van der Waals surface area contributed by atoms with Crippen LogP contribution in [0.15, 0.2) is 64.4 Å². The van der Waals surface area contributed by atoms with E-state index in [0.29, 0.717) is 24.1 Å². The lowest BCUT2D eigenvalue weighted by molar-refractivity contribution is 0.460. The molecule has 26 heavy (non-hydrogen) atoms. The van der Waals surface area contributed by atoms with Crippen LogP contribution in [0, 0.1) is 5.82 Å². The zero-order valence-corrected chi connectivity index (χ0v) is 15.1. The number of aliphatic imine (C=N–C) groups is 1. The third-order valence-electron chi connectivity index (χ3n) is 3.56. The summed E-state index contributed by atoms with van der Waals surface area (Å²) in [4.78, 5) is 8.40. The molecular weight excluding hydrogens is 351 g/mol. The maximum absolute atomic E-state index is 13.0. The molecule has 0 bridgehead atoms. The quantitative estimate of drug-likeness (QED) is 0.510. The van der Waals surface area contributed by atoms with Crippen molar-refractivity contribution in [3.63, 3.8) is 0 Å². The lowest BCUT2D eigenvalue weighted by atomic mass is 10.2. The van der Waals surface area contributed by atoms with Gasteiger partial charge >= 0.3 is 0 Å². The van der Waals surface area contributed by atoms with Crippen LogP contribution in [0.5, 0.6) is 11.6 Å². The zero-order chi connectivity index (χ0) is 18.2. The topological polar surface area (TPSA) is 58.5 Å². The highest BCUT2D eigenvalue weighted by Gasteiger charge is 2.03. The van der Waals surface area contributed by atoms with Gasteiger partial charge in [-0.25, -0.2) is 9.37 Å². The van der Waals surface area contributed by atoms with E-state index in [0.717, 1.165) is 12.1 Å². The van der Waals surface area contributed by atoms with Gasteiger partial charge in [-0.1, -0.05) is 0 Å². The van der Waals surface area contributed by atoms with Crippen LogP contribution in [0.2, 0.25) is 0 Å². The van der Waals surface area contributed by atoms with Gasteiger partial charge in [0.2, 0.25) is 5.88 Å². The summed E-state index contributed by atoms with van der Waals surface area (Å²) in [5.41, 5.74) is 2.22. The molecule has 0 radical (unpaired) electrons. The molecule has 0 saturated carbocycles. The summed E-state index contributed by atoms with van der Waals surface area (Å²) >= 11 is 1.67. The number of ether oxygens (including phenoxy) is 1. The molecule has 0 spiro atoms. The first-order chi connectivity index (χ1) is 12.7. The Hall–Kier alpha value is -2.93. The Kier molecular flexibility index (Phi) is 6.16. The Morgan fingerprint density at radius 3 is 2.58 bits per heavy atom. The van der Waals surface area contributed by atoms with Crippen molar-refractivity contribution in [2.75, 3.05) is 7.05 Å². The number of nitrogens with zero attached hydrogens (tertiary/aromatic N) is 2. The van der Waals surface area contributed by atoms with Crippen LogP contribution in [0.25, 0.3) is 0 Å². The number of hydrogen-bond acceptors (Lipinski definition) is 4. The van der Waals surface area contributed by atoms with E-state index in [1.165, 1.54) is 17.7 Å². The molecule has 5 nitrogen and oxygen atoms in total. The molecule has 2 heterocycles. The summed E-state index contributed by atoms with van der Waals surface area (Å²) in [5, 5.41) is 10.7. The maximum Gasteiger partial charge on any atom is 0.219 e.